The van der Waals surface area contributed by atoms with E-state index in [1.54, 1.807) is 37.4 Å². The van der Waals surface area contributed by atoms with Crippen molar-refractivity contribution in [2.45, 2.75) is 13.3 Å². The number of amides is 2. The predicted molar refractivity (Wildman–Crippen MR) is 83.0 cm³/mol. The molecule has 1 aromatic rings. The summed E-state index contributed by atoms with van der Waals surface area (Å²) in [6.07, 6.45) is 4.00. The molecule has 0 bridgehead atoms. The monoisotopic (exact) mass is 290 g/mol. The van der Waals surface area contributed by atoms with Gasteiger partial charge >= 0.3 is 0 Å². The van der Waals surface area contributed by atoms with Crippen LogP contribution in [-0.2, 0) is 9.53 Å². The lowest BCUT2D eigenvalue weighted by molar-refractivity contribution is -0.116. The van der Waals surface area contributed by atoms with Gasteiger partial charge in [0.1, 0.15) is 0 Å². The first-order valence-corrected chi connectivity index (χ1v) is 7.03. The van der Waals surface area contributed by atoms with Crippen LogP contribution >= 0.6 is 0 Å². The van der Waals surface area contributed by atoms with Crippen molar-refractivity contribution in [2.24, 2.45) is 0 Å². The molecule has 0 saturated carbocycles. The number of carbonyl (C=O) groups is 2. The van der Waals surface area contributed by atoms with Crippen molar-refractivity contribution in [1.82, 2.24) is 10.6 Å². The van der Waals surface area contributed by atoms with Gasteiger partial charge in [-0.15, -0.1) is 0 Å². The van der Waals surface area contributed by atoms with E-state index in [2.05, 4.69) is 10.6 Å². The minimum atomic E-state index is -0.137. The molecule has 1 rings (SSSR count). The Morgan fingerprint density at radius 2 is 1.95 bits per heavy atom. The van der Waals surface area contributed by atoms with E-state index in [-0.39, 0.29) is 11.8 Å². The molecule has 0 aliphatic rings. The topological polar surface area (TPSA) is 67.4 Å². The molecule has 2 N–H and O–H groups in total. The standard InChI is InChI=1S/C16H22N2O3/c1-3-21-12-4-11-18-15(19)10-7-13-5-8-14(9-6-13)16(20)17-2/h5-10H,3-4,11-12H2,1-2H3,(H,17,20)(H,18,19)/b10-7+. The summed E-state index contributed by atoms with van der Waals surface area (Å²) < 4.78 is 5.18. The number of hydrogen-bond acceptors (Lipinski definition) is 3. The van der Waals surface area contributed by atoms with Crippen LogP contribution < -0.4 is 10.6 Å². The molecule has 0 heterocycles. The summed E-state index contributed by atoms with van der Waals surface area (Å²) in [5.41, 5.74) is 1.46. The highest BCUT2D eigenvalue weighted by molar-refractivity contribution is 5.94. The van der Waals surface area contributed by atoms with Crippen LogP contribution in [0.2, 0.25) is 0 Å². The Hall–Kier alpha value is -2.14. The molecule has 0 fully saturated rings. The average Bonchev–Trinajstić information content (AvgIpc) is 2.52. The Morgan fingerprint density at radius 1 is 1.24 bits per heavy atom. The Bertz CT molecular complexity index is 481. The van der Waals surface area contributed by atoms with E-state index in [1.807, 2.05) is 6.92 Å². The van der Waals surface area contributed by atoms with E-state index in [0.29, 0.717) is 25.3 Å². The van der Waals surface area contributed by atoms with Gasteiger partial charge in [0.15, 0.2) is 0 Å². The maximum atomic E-state index is 11.6. The van der Waals surface area contributed by atoms with E-state index >= 15 is 0 Å². The molecule has 21 heavy (non-hydrogen) atoms. The molecule has 0 unspecified atom stereocenters. The van der Waals surface area contributed by atoms with Crippen molar-refractivity contribution in [3.05, 3.63) is 41.5 Å². The first kappa shape index (κ1) is 16.9. The summed E-state index contributed by atoms with van der Waals surface area (Å²) in [6.45, 7) is 3.89. The van der Waals surface area contributed by atoms with Crippen molar-refractivity contribution in [1.29, 1.82) is 0 Å². The highest BCUT2D eigenvalue weighted by Crippen LogP contribution is 2.06. The Morgan fingerprint density at radius 3 is 2.57 bits per heavy atom. The quantitative estimate of drug-likeness (QED) is 0.564. The van der Waals surface area contributed by atoms with Crippen LogP contribution in [0, 0.1) is 0 Å². The zero-order valence-corrected chi connectivity index (χ0v) is 12.5. The molecule has 0 spiro atoms. The molecule has 1 aromatic carbocycles. The van der Waals surface area contributed by atoms with Crippen LogP contribution in [0.4, 0.5) is 0 Å². The van der Waals surface area contributed by atoms with Crippen LogP contribution in [-0.4, -0.2) is 38.6 Å². The van der Waals surface area contributed by atoms with Gasteiger partial charge in [0.05, 0.1) is 0 Å². The highest BCUT2D eigenvalue weighted by atomic mass is 16.5. The number of nitrogens with one attached hydrogen (secondary N) is 2. The van der Waals surface area contributed by atoms with Crippen molar-refractivity contribution >= 4 is 17.9 Å². The second-order valence-electron chi connectivity index (χ2n) is 4.38. The molecule has 0 saturated heterocycles. The lowest BCUT2D eigenvalue weighted by Gasteiger charge is -2.02. The third-order valence-corrected chi connectivity index (χ3v) is 2.80. The summed E-state index contributed by atoms with van der Waals surface area (Å²) in [6, 6.07) is 7.03. The van der Waals surface area contributed by atoms with Crippen LogP contribution in [0.5, 0.6) is 0 Å². The molecular formula is C16H22N2O3. The smallest absolute Gasteiger partial charge is 0.251 e. The summed E-state index contributed by atoms with van der Waals surface area (Å²) >= 11 is 0. The Kier molecular flexibility index (Phi) is 7.82. The van der Waals surface area contributed by atoms with Gasteiger partial charge in [0, 0.05) is 38.4 Å². The van der Waals surface area contributed by atoms with Crippen LogP contribution in [0.1, 0.15) is 29.3 Å². The average molecular weight is 290 g/mol. The minimum absolute atomic E-state index is 0.127. The zero-order chi connectivity index (χ0) is 15.5. The molecule has 5 nitrogen and oxygen atoms in total. The van der Waals surface area contributed by atoms with Crippen LogP contribution in [0.15, 0.2) is 30.3 Å². The first-order valence-electron chi connectivity index (χ1n) is 7.03. The maximum absolute atomic E-state index is 11.6. The third-order valence-electron chi connectivity index (χ3n) is 2.80. The fourth-order valence-corrected chi connectivity index (χ4v) is 1.65. The molecule has 0 aromatic heterocycles. The highest BCUT2D eigenvalue weighted by Gasteiger charge is 2.01. The molecule has 0 atom stereocenters. The van der Waals surface area contributed by atoms with Gasteiger partial charge in [-0.3, -0.25) is 9.59 Å². The molecule has 0 aliphatic heterocycles. The minimum Gasteiger partial charge on any atom is -0.382 e. The fraction of sp³-hybridized carbons (Fsp3) is 0.375. The number of benzene rings is 1. The second-order valence-corrected chi connectivity index (χ2v) is 4.38. The van der Waals surface area contributed by atoms with Crippen molar-refractivity contribution in [3.8, 4) is 0 Å². The molecule has 114 valence electrons. The number of rotatable bonds is 8. The van der Waals surface area contributed by atoms with Crippen molar-refractivity contribution < 1.29 is 14.3 Å². The van der Waals surface area contributed by atoms with E-state index in [0.717, 1.165) is 12.0 Å². The van der Waals surface area contributed by atoms with Crippen molar-refractivity contribution in [2.75, 3.05) is 26.8 Å². The molecule has 0 radical (unpaired) electrons. The lowest BCUT2D eigenvalue weighted by atomic mass is 10.1. The largest absolute Gasteiger partial charge is 0.382 e. The van der Waals surface area contributed by atoms with E-state index in [9.17, 15) is 9.59 Å². The molecule has 2 amide bonds. The van der Waals surface area contributed by atoms with Gasteiger partial charge in [0.25, 0.3) is 5.91 Å². The molecule has 0 aliphatic carbocycles. The zero-order valence-electron chi connectivity index (χ0n) is 12.5. The van der Waals surface area contributed by atoms with Gasteiger partial charge in [-0.25, -0.2) is 0 Å². The Labute approximate surface area is 125 Å². The van der Waals surface area contributed by atoms with Gasteiger partial charge in [-0.2, -0.15) is 0 Å². The summed E-state index contributed by atoms with van der Waals surface area (Å²) in [5.74, 6) is -0.264. The summed E-state index contributed by atoms with van der Waals surface area (Å²) in [7, 11) is 1.59. The van der Waals surface area contributed by atoms with E-state index < -0.39 is 0 Å². The van der Waals surface area contributed by atoms with Gasteiger partial charge < -0.3 is 15.4 Å². The Balaban J connectivity index is 2.38. The first-order chi connectivity index (χ1) is 10.2. The third kappa shape index (κ3) is 6.72. The predicted octanol–water partition coefficient (Wildman–Crippen LogP) is 1.60. The summed E-state index contributed by atoms with van der Waals surface area (Å²) in [4.78, 5) is 22.9. The summed E-state index contributed by atoms with van der Waals surface area (Å²) in [5, 5.41) is 5.34. The number of hydrogen-bond donors (Lipinski definition) is 2. The van der Waals surface area contributed by atoms with Crippen molar-refractivity contribution in [3.63, 3.8) is 0 Å². The van der Waals surface area contributed by atoms with Crippen LogP contribution in [0.25, 0.3) is 6.08 Å². The SMILES string of the molecule is CCOCCCNC(=O)/C=C/c1ccc(C(=O)NC)cc1. The molecule has 5 heteroatoms. The van der Waals surface area contributed by atoms with E-state index in [1.165, 1.54) is 6.08 Å². The second kappa shape index (κ2) is 9.72. The molecular weight excluding hydrogens is 268 g/mol. The van der Waals surface area contributed by atoms with Gasteiger partial charge in [0.2, 0.25) is 5.91 Å². The maximum Gasteiger partial charge on any atom is 0.251 e. The number of carbonyl (C=O) groups excluding carboxylic acids is 2. The van der Waals surface area contributed by atoms with Gasteiger partial charge in [-0.1, -0.05) is 12.1 Å². The normalized spacial score (nSPS) is 10.6. The van der Waals surface area contributed by atoms with E-state index in [4.69, 9.17) is 4.74 Å². The number of ether oxygens (including phenoxy) is 1. The lowest BCUT2D eigenvalue weighted by Crippen LogP contribution is -2.23. The fourth-order valence-electron chi connectivity index (χ4n) is 1.65. The van der Waals surface area contributed by atoms with Crippen LogP contribution in [0.3, 0.4) is 0 Å². The van der Waals surface area contributed by atoms with Gasteiger partial charge in [-0.05, 0) is 37.1 Å².